The van der Waals surface area contributed by atoms with Crippen molar-refractivity contribution in [1.82, 2.24) is 0 Å². The topological polar surface area (TPSA) is 66.0 Å². The Kier molecular flexibility index (Phi) is 33.6. The molecule has 0 aromatic rings. The Bertz CT molecular complexity index is 127. The van der Waals surface area contributed by atoms with Gasteiger partial charge in [-0.25, -0.2) is 0 Å². The van der Waals surface area contributed by atoms with Gasteiger partial charge in [0.2, 0.25) is 0 Å². The molecule has 0 aromatic carbocycles. The molecule has 0 amide bonds. The van der Waals surface area contributed by atoms with Gasteiger partial charge in [0.1, 0.15) is 0 Å². The first-order valence-corrected chi connectivity index (χ1v) is 3.72. The molecule has 0 saturated heterocycles. The van der Waals surface area contributed by atoms with Crippen LogP contribution in [0.5, 0.6) is 0 Å². The second kappa shape index (κ2) is 22.5. The van der Waals surface area contributed by atoms with E-state index in [-0.39, 0.29) is 34.2 Å². The molecule has 0 spiro atoms. The van der Waals surface area contributed by atoms with E-state index in [4.69, 9.17) is 10.5 Å². The zero-order valence-electron chi connectivity index (χ0n) is 7.17. The van der Waals surface area contributed by atoms with Gasteiger partial charge in [0.25, 0.3) is 0 Å². The van der Waals surface area contributed by atoms with Crippen molar-refractivity contribution in [2.45, 2.75) is 0 Å². The fourth-order valence-electron chi connectivity index (χ4n) is 0.183. The standard InChI is InChI=1S/C4H10O2.2CN.Co.Zn/c1-5-3-4-6-2;2*1-2;;/h3-4H2,1-2H3;;;;. The van der Waals surface area contributed by atoms with E-state index in [0.717, 1.165) is 0 Å². The molecule has 0 bridgehead atoms. The summed E-state index contributed by atoms with van der Waals surface area (Å²) < 4.78 is 9.31. The third-order valence-corrected chi connectivity index (χ3v) is 0.799. The Balaban J connectivity index is -0.000000126. The van der Waals surface area contributed by atoms with E-state index in [1.165, 1.54) is 0 Å². The normalized spacial score (nSPS) is 6.67. The first kappa shape index (κ1) is 17.9. The molecule has 0 saturated carbocycles. The molecular weight excluding hydrogens is 256 g/mol. The summed E-state index contributed by atoms with van der Waals surface area (Å²) in [6.07, 6.45) is 0. The second-order valence-electron chi connectivity index (χ2n) is 1.22. The van der Waals surface area contributed by atoms with Crippen molar-refractivity contribution in [3.05, 3.63) is 0 Å². The number of hydrogen-bond acceptors (Lipinski definition) is 4. The molecule has 0 fully saturated rings. The number of nitriles is 2. The van der Waals surface area contributed by atoms with Gasteiger partial charge in [-0.15, -0.1) is 0 Å². The number of methoxy groups -OCH3 is 2. The Hall–Kier alpha value is 0.0299. The number of rotatable bonds is 3. The molecule has 0 N–H and O–H groups in total. The fourth-order valence-corrected chi connectivity index (χ4v) is 0.235. The smallest absolute Gasteiger partial charge is 0 e. The molecule has 0 radical (unpaired) electrons. The van der Waals surface area contributed by atoms with Gasteiger partial charge in [0.15, 0.2) is 0 Å². The molecular formula is C6H10CoN2O2Zn. The predicted octanol–water partition coefficient (Wildman–Crippen LogP) is 0.308. The Labute approximate surface area is 91.6 Å². The summed E-state index contributed by atoms with van der Waals surface area (Å²) in [7, 11) is 3.30. The molecule has 0 rings (SSSR count). The van der Waals surface area contributed by atoms with Gasteiger partial charge in [-0.2, -0.15) is 0 Å². The van der Waals surface area contributed by atoms with Crippen LogP contribution >= 0.6 is 0 Å². The van der Waals surface area contributed by atoms with Crippen molar-refractivity contribution < 1.29 is 43.6 Å². The Morgan fingerprint density at radius 1 is 1.08 bits per heavy atom. The van der Waals surface area contributed by atoms with E-state index in [0.29, 0.717) is 13.2 Å². The molecule has 0 aliphatic carbocycles. The minimum Gasteiger partial charge on any atom is 0 e. The number of nitrogens with zero attached hydrogens (tertiary/aromatic N) is 2. The summed E-state index contributed by atoms with van der Waals surface area (Å²) in [5, 5.41) is 18.4. The van der Waals surface area contributed by atoms with Crippen molar-refractivity contribution in [3.63, 3.8) is 0 Å². The quantitative estimate of drug-likeness (QED) is 0.545. The maximum atomic E-state index is 7.58. The van der Waals surface area contributed by atoms with Crippen LogP contribution < -0.4 is 0 Å². The Morgan fingerprint density at radius 3 is 1.50 bits per heavy atom. The maximum Gasteiger partial charge on any atom is 0 e. The minimum absolute atomic E-state index is 0. The van der Waals surface area contributed by atoms with Crippen LogP contribution in [0.2, 0.25) is 0 Å². The van der Waals surface area contributed by atoms with Gasteiger partial charge in [-0.1, -0.05) is 0 Å². The molecule has 0 unspecified atom stereocenters. The molecule has 4 nitrogen and oxygen atoms in total. The maximum absolute atomic E-state index is 7.58. The van der Waals surface area contributed by atoms with E-state index in [2.05, 4.69) is 9.47 Å². The molecule has 0 heterocycles. The molecule has 67 valence electrons. The molecule has 0 aromatic heterocycles. The van der Waals surface area contributed by atoms with Gasteiger partial charge in [0.05, 0.1) is 13.2 Å². The van der Waals surface area contributed by atoms with Crippen LogP contribution in [0, 0.1) is 20.5 Å². The zero-order valence-corrected chi connectivity index (χ0v) is 11.2. The summed E-state index contributed by atoms with van der Waals surface area (Å²) in [5.41, 5.74) is 0. The van der Waals surface area contributed by atoms with Gasteiger partial charge in [-0.3, -0.25) is 0 Å². The first-order chi connectivity index (χ1) is 5.33. The van der Waals surface area contributed by atoms with Crippen molar-refractivity contribution >= 4 is 0 Å². The van der Waals surface area contributed by atoms with Crippen LogP contribution in [-0.2, 0) is 43.6 Å². The van der Waals surface area contributed by atoms with E-state index in [1.54, 1.807) is 24.2 Å². The minimum atomic E-state index is 0. The first-order valence-electron chi connectivity index (χ1n) is 2.67. The molecule has 6 heteroatoms. The monoisotopic (exact) mass is 265 g/mol. The summed E-state index contributed by atoms with van der Waals surface area (Å²) in [5.74, 6) is 0. The molecule has 0 atom stereocenters. The van der Waals surface area contributed by atoms with Crippen LogP contribution in [0.1, 0.15) is 0 Å². The fraction of sp³-hybridized carbons (Fsp3) is 0.667. The average molecular weight is 266 g/mol. The van der Waals surface area contributed by atoms with Gasteiger partial charge in [0, 0.05) is 33.7 Å². The van der Waals surface area contributed by atoms with E-state index in [1.807, 2.05) is 0 Å². The number of ether oxygens (including phenoxy) is 2. The molecule has 12 heavy (non-hydrogen) atoms. The van der Waals surface area contributed by atoms with E-state index >= 15 is 0 Å². The SMILES string of the molecule is COCCOC.N#[C][Co][C]#N.[Zn]. The third kappa shape index (κ3) is 32.3. The van der Waals surface area contributed by atoms with Crippen LogP contribution in [-0.4, -0.2) is 27.4 Å². The van der Waals surface area contributed by atoms with Gasteiger partial charge < -0.3 is 9.47 Å². The average Bonchev–Trinajstić information content (AvgIpc) is 2.04. The van der Waals surface area contributed by atoms with Crippen LogP contribution in [0.3, 0.4) is 0 Å². The zero-order chi connectivity index (χ0) is 8.95. The van der Waals surface area contributed by atoms with Crippen LogP contribution in [0.25, 0.3) is 0 Å². The summed E-state index contributed by atoms with van der Waals surface area (Å²) in [6, 6.07) is 0. The van der Waals surface area contributed by atoms with Gasteiger partial charge in [-0.05, 0) is 0 Å². The third-order valence-electron chi connectivity index (χ3n) is 0.566. The number of hydrogen-bond donors (Lipinski definition) is 0. The Morgan fingerprint density at radius 2 is 1.42 bits per heavy atom. The summed E-state index contributed by atoms with van der Waals surface area (Å²) in [6.45, 7) is 1.38. The van der Waals surface area contributed by atoms with Gasteiger partial charge >= 0.3 is 35.2 Å². The molecule has 0 aliphatic rings. The van der Waals surface area contributed by atoms with Crippen molar-refractivity contribution in [2.24, 2.45) is 0 Å². The van der Waals surface area contributed by atoms with Crippen molar-refractivity contribution in [3.8, 4) is 10.0 Å². The largest absolute Gasteiger partial charge is 0 e. The van der Waals surface area contributed by atoms with E-state index in [9.17, 15) is 0 Å². The second-order valence-corrected chi connectivity index (χ2v) is 1.94. The van der Waals surface area contributed by atoms with Crippen molar-refractivity contribution in [1.29, 1.82) is 10.5 Å². The summed E-state index contributed by atoms with van der Waals surface area (Å²) >= 11 is 0.215. The predicted molar refractivity (Wildman–Crippen MR) is 35.0 cm³/mol. The summed E-state index contributed by atoms with van der Waals surface area (Å²) in [4.78, 5) is 0. The van der Waals surface area contributed by atoms with E-state index < -0.39 is 0 Å². The van der Waals surface area contributed by atoms with Crippen molar-refractivity contribution in [2.75, 3.05) is 27.4 Å². The van der Waals surface area contributed by atoms with Crippen LogP contribution in [0.4, 0.5) is 0 Å². The van der Waals surface area contributed by atoms with Crippen LogP contribution in [0.15, 0.2) is 0 Å². The molecule has 0 aliphatic heterocycles.